The van der Waals surface area contributed by atoms with Crippen LogP contribution in [0.2, 0.25) is 0 Å². The van der Waals surface area contributed by atoms with Gasteiger partial charge in [0.25, 0.3) is 0 Å². The Morgan fingerprint density at radius 1 is 0.263 bits per heavy atom. The van der Waals surface area contributed by atoms with Crippen molar-refractivity contribution in [2.24, 2.45) is 0 Å². The molecule has 0 saturated carbocycles. The third-order valence-corrected chi connectivity index (χ3v) is 8.28. The summed E-state index contributed by atoms with van der Waals surface area (Å²) in [5.41, 5.74) is 0. The molecule has 0 aromatic heterocycles. The SMILES string of the molecule is CCCCCCCCCCCCCCCCCCOCCCCCCCCCCCCCCCCCC.[H-].[Na+]. The van der Waals surface area contributed by atoms with Crippen molar-refractivity contribution in [1.82, 2.24) is 0 Å². The van der Waals surface area contributed by atoms with Crippen LogP contribution in [0.3, 0.4) is 0 Å². The van der Waals surface area contributed by atoms with Crippen LogP contribution in [0, 0.1) is 0 Å². The van der Waals surface area contributed by atoms with Gasteiger partial charge in [-0.3, -0.25) is 0 Å². The molecule has 0 atom stereocenters. The molecule has 0 aromatic carbocycles. The normalized spacial score (nSPS) is 11.2. The number of hydrogen-bond acceptors (Lipinski definition) is 1. The Morgan fingerprint density at radius 3 is 0.605 bits per heavy atom. The summed E-state index contributed by atoms with van der Waals surface area (Å²) >= 11 is 0. The largest absolute Gasteiger partial charge is 1.00 e. The minimum atomic E-state index is 0. The number of unbranched alkanes of at least 4 members (excludes halogenated alkanes) is 30. The predicted molar refractivity (Wildman–Crippen MR) is 171 cm³/mol. The summed E-state index contributed by atoms with van der Waals surface area (Å²) in [7, 11) is 0. The Morgan fingerprint density at radius 2 is 0.421 bits per heavy atom. The molecule has 0 radical (unpaired) electrons. The van der Waals surface area contributed by atoms with E-state index < -0.39 is 0 Å². The van der Waals surface area contributed by atoms with E-state index in [1.54, 1.807) is 0 Å². The smallest absolute Gasteiger partial charge is 1.00 e. The fourth-order valence-corrected chi connectivity index (χ4v) is 5.61. The van der Waals surface area contributed by atoms with E-state index in [4.69, 9.17) is 4.74 Å². The van der Waals surface area contributed by atoms with Gasteiger partial charge in [-0.2, -0.15) is 0 Å². The van der Waals surface area contributed by atoms with Crippen LogP contribution in [0.25, 0.3) is 0 Å². The van der Waals surface area contributed by atoms with E-state index in [0.717, 1.165) is 13.2 Å². The number of rotatable bonds is 34. The minimum absolute atomic E-state index is 0. The average Bonchev–Trinajstić information content (AvgIpc) is 2.91. The zero-order valence-electron chi connectivity index (χ0n) is 28.4. The molecule has 1 nitrogen and oxygen atoms in total. The standard InChI is InChI=1S/C36H74O.Na.H/c1-3-5-7-9-11-13-15-17-19-21-23-25-27-29-31-33-35-37-36-34-32-30-28-26-24-22-20-18-16-14-12-10-8-6-4-2;;/h3-36H2,1-2H3;;/q;+1;-1. The first-order valence-electron chi connectivity index (χ1n) is 18.0. The summed E-state index contributed by atoms with van der Waals surface area (Å²) in [4.78, 5) is 0. The van der Waals surface area contributed by atoms with Crippen molar-refractivity contribution < 1.29 is 35.7 Å². The van der Waals surface area contributed by atoms with Gasteiger partial charge >= 0.3 is 29.6 Å². The molecule has 0 fully saturated rings. The molecule has 0 unspecified atom stereocenters. The van der Waals surface area contributed by atoms with E-state index in [1.165, 1.54) is 205 Å². The molecule has 38 heavy (non-hydrogen) atoms. The van der Waals surface area contributed by atoms with Crippen molar-refractivity contribution in [2.75, 3.05) is 13.2 Å². The van der Waals surface area contributed by atoms with Crippen LogP contribution in [-0.4, -0.2) is 13.2 Å². The van der Waals surface area contributed by atoms with Crippen LogP contribution in [0.5, 0.6) is 0 Å². The number of ether oxygens (including phenoxy) is 1. The first-order valence-corrected chi connectivity index (χ1v) is 18.0. The van der Waals surface area contributed by atoms with Crippen molar-refractivity contribution >= 4 is 0 Å². The molecule has 0 aliphatic carbocycles. The van der Waals surface area contributed by atoms with Gasteiger partial charge in [-0.1, -0.05) is 206 Å². The fourth-order valence-electron chi connectivity index (χ4n) is 5.61. The summed E-state index contributed by atoms with van der Waals surface area (Å²) in [5.74, 6) is 0. The Bertz CT molecular complexity index is 345. The Kier molecular flexibility index (Phi) is 43.4. The second kappa shape index (κ2) is 40.1. The summed E-state index contributed by atoms with van der Waals surface area (Å²) in [6.45, 7) is 6.60. The van der Waals surface area contributed by atoms with Crippen LogP contribution >= 0.6 is 0 Å². The molecule has 0 spiro atoms. The molecule has 0 rings (SSSR count). The molecule has 0 aliphatic rings. The van der Waals surface area contributed by atoms with E-state index in [1.807, 2.05) is 0 Å². The molecular formula is C36H75NaO. The topological polar surface area (TPSA) is 9.23 Å². The molecular weight excluding hydrogens is 471 g/mol. The maximum Gasteiger partial charge on any atom is 1.00 e. The van der Waals surface area contributed by atoms with Crippen LogP contribution in [-0.2, 0) is 4.74 Å². The second-order valence-electron chi connectivity index (χ2n) is 12.2. The van der Waals surface area contributed by atoms with Gasteiger partial charge in [0.1, 0.15) is 0 Å². The van der Waals surface area contributed by atoms with Crippen molar-refractivity contribution in [1.29, 1.82) is 0 Å². The van der Waals surface area contributed by atoms with Gasteiger partial charge in [0.2, 0.25) is 0 Å². The third-order valence-electron chi connectivity index (χ3n) is 8.28. The Balaban J connectivity index is -0.00000648. The molecule has 0 aliphatic heterocycles. The Labute approximate surface area is 267 Å². The zero-order chi connectivity index (χ0) is 26.7. The molecule has 226 valence electrons. The van der Waals surface area contributed by atoms with Crippen LogP contribution in [0.1, 0.15) is 221 Å². The van der Waals surface area contributed by atoms with E-state index in [-0.39, 0.29) is 31.0 Å². The van der Waals surface area contributed by atoms with E-state index >= 15 is 0 Å². The molecule has 0 heterocycles. The van der Waals surface area contributed by atoms with Crippen molar-refractivity contribution in [3.8, 4) is 0 Å². The fraction of sp³-hybridized carbons (Fsp3) is 1.00. The monoisotopic (exact) mass is 547 g/mol. The Hall–Kier alpha value is 0.960. The van der Waals surface area contributed by atoms with Crippen LogP contribution in [0.4, 0.5) is 0 Å². The first kappa shape index (κ1) is 41.1. The van der Waals surface area contributed by atoms with Gasteiger partial charge < -0.3 is 6.16 Å². The van der Waals surface area contributed by atoms with Gasteiger partial charge in [-0.05, 0) is 12.8 Å². The third kappa shape index (κ3) is 39.1. The summed E-state index contributed by atoms with van der Waals surface area (Å²) in [5, 5.41) is 0. The maximum absolute atomic E-state index is 5.87. The number of hydrogen-bond donors (Lipinski definition) is 0. The molecule has 0 amide bonds. The van der Waals surface area contributed by atoms with Crippen molar-refractivity contribution in [3.63, 3.8) is 0 Å². The van der Waals surface area contributed by atoms with Crippen LogP contribution < -0.4 is 29.6 Å². The van der Waals surface area contributed by atoms with Gasteiger partial charge in [0, 0.05) is 13.2 Å². The second-order valence-corrected chi connectivity index (χ2v) is 12.2. The van der Waals surface area contributed by atoms with Gasteiger partial charge in [-0.15, -0.1) is 0 Å². The zero-order valence-corrected chi connectivity index (χ0v) is 29.4. The van der Waals surface area contributed by atoms with Crippen LogP contribution in [0.15, 0.2) is 0 Å². The van der Waals surface area contributed by atoms with E-state index in [9.17, 15) is 0 Å². The molecule has 0 aromatic rings. The first-order chi connectivity index (χ1) is 18.4. The predicted octanol–water partition coefficient (Wildman–Crippen LogP) is 10.6. The molecule has 0 N–H and O–H groups in total. The molecule has 0 bridgehead atoms. The summed E-state index contributed by atoms with van der Waals surface area (Å²) in [6.07, 6.45) is 46.0. The van der Waals surface area contributed by atoms with Gasteiger partial charge in [0.15, 0.2) is 0 Å². The molecule has 2 heteroatoms. The minimum Gasteiger partial charge on any atom is -1.00 e. The quantitative estimate of drug-likeness (QED) is 0.0576. The van der Waals surface area contributed by atoms with E-state index in [2.05, 4.69) is 13.8 Å². The van der Waals surface area contributed by atoms with Gasteiger partial charge in [0.05, 0.1) is 0 Å². The van der Waals surface area contributed by atoms with Crippen molar-refractivity contribution in [3.05, 3.63) is 0 Å². The summed E-state index contributed by atoms with van der Waals surface area (Å²) < 4.78 is 5.87. The summed E-state index contributed by atoms with van der Waals surface area (Å²) in [6, 6.07) is 0. The average molecular weight is 547 g/mol. The van der Waals surface area contributed by atoms with Crippen molar-refractivity contribution in [2.45, 2.75) is 219 Å². The molecule has 0 saturated heterocycles. The van der Waals surface area contributed by atoms with Gasteiger partial charge in [-0.25, -0.2) is 0 Å². The van der Waals surface area contributed by atoms with E-state index in [0.29, 0.717) is 0 Å². The maximum atomic E-state index is 5.87.